The number of benzene rings is 2. The van der Waals surface area contributed by atoms with Crippen LogP contribution in [0.25, 0.3) is 10.9 Å². The fourth-order valence-corrected chi connectivity index (χ4v) is 3.84. The van der Waals surface area contributed by atoms with Gasteiger partial charge in [-0.25, -0.2) is 9.97 Å². The molecule has 6 nitrogen and oxygen atoms in total. The number of carbonyl (C=O) groups excluding carboxylic acids is 2. The minimum absolute atomic E-state index is 0.00633. The van der Waals surface area contributed by atoms with Crippen molar-refractivity contribution in [2.45, 2.75) is 12.8 Å². The minimum atomic E-state index is -0.282. The Morgan fingerprint density at radius 2 is 2.03 bits per heavy atom. The van der Waals surface area contributed by atoms with Crippen LogP contribution in [0.15, 0.2) is 61.3 Å². The molecule has 1 N–H and O–H groups in total. The molecule has 1 fully saturated rings. The predicted molar refractivity (Wildman–Crippen MR) is 118 cm³/mol. The van der Waals surface area contributed by atoms with Crippen molar-refractivity contribution in [3.05, 3.63) is 77.7 Å². The summed E-state index contributed by atoms with van der Waals surface area (Å²) in [7, 11) is 0. The van der Waals surface area contributed by atoms with Crippen LogP contribution in [-0.4, -0.2) is 39.8 Å². The van der Waals surface area contributed by atoms with Gasteiger partial charge in [0.15, 0.2) is 0 Å². The molecular formula is C23H21ClN4O2. The quantitative estimate of drug-likeness (QED) is 0.630. The highest BCUT2D eigenvalue weighted by Crippen LogP contribution is 2.23. The van der Waals surface area contributed by atoms with Crippen LogP contribution < -0.4 is 5.32 Å². The van der Waals surface area contributed by atoms with E-state index in [0.29, 0.717) is 35.3 Å². The number of rotatable bonds is 5. The van der Waals surface area contributed by atoms with Crippen molar-refractivity contribution < 1.29 is 9.59 Å². The molecule has 30 heavy (non-hydrogen) atoms. The van der Waals surface area contributed by atoms with Crippen molar-refractivity contribution in [1.82, 2.24) is 14.9 Å². The molecule has 1 aliphatic heterocycles. The summed E-state index contributed by atoms with van der Waals surface area (Å²) in [5.41, 5.74) is 2.11. The van der Waals surface area contributed by atoms with Gasteiger partial charge >= 0.3 is 0 Å². The van der Waals surface area contributed by atoms with Crippen molar-refractivity contribution >= 4 is 40.0 Å². The molecule has 3 aromatic rings. The van der Waals surface area contributed by atoms with Crippen molar-refractivity contribution in [2.75, 3.05) is 18.4 Å². The number of hydrogen-bond acceptors (Lipinski definition) is 4. The van der Waals surface area contributed by atoms with Crippen molar-refractivity contribution in [3.8, 4) is 0 Å². The van der Waals surface area contributed by atoms with Gasteiger partial charge in [0.25, 0.3) is 5.91 Å². The van der Waals surface area contributed by atoms with Gasteiger partial charge in [0.05, 0.1) is 5.52 Å². The molecule has 4 rings (SSSR count). The molecule has 0 bridgehead atoms. The fraction of sp³-hybridized carbons (Fsp3) is 0.217. The summed E-state index contributed by atoms with van der Waals surface area (Å²) in [5, 5.41) is 4.26. The Bertz CT molecular complexity index is 1110. The lowest BCUT2D eigenvalue weighted by Gasteiger charge is -2.17. The van der Waals surface area contributed by atoms with E-state index in [1.165, 1.54) is 6.08 Å². The van der Waals surface area contributed by atoms with Crippen LogP contribution in [0, 0.1) is 5.92 Å². The first kappa shape index (κ1) is 20.0. The molecule has 1 aromatic heterocycles. The highest BCUT2D eigenvalue weighted by Gasteiger charge is 2.27. The van der Waals surface area contributed by atoms with Crippen molar-refractivity contribution in [2.24, 2.45) is 5.92 Å². The molecule has 1 saturated heterocycles. The van der Waals surface area contributed by atoms with Gasteiger partial charge in [0, 0.05) is 47.4 Å². The smallest absolute Gasteiger partial charge is 0.253 e. The van der Waals surface area contributed by atoms with E-state index in [2.05, 4.69) is 21.9 Å². The summed E-state index contributed by atoms with van der Waals surface area (Å²) in [5.74, 6) is 0.819. The number of likely N-dealkylation sites (tertiary alicyclic amines) is 1. The van der Waals surface area contributed by atoms with Crippen molar-refractivity contribution in [3.63, 3.8) is 0 Å². The van der Waals surface area contributed by atoms with E-state index >= 15 is 0 Å². The standard InChI is InChI=1S/C23H21ClN4O2/c1-2-22(29)26-19-6-3-16(4-7-19)23(30)28-10-9-15(14-28)11-21-25-13-17-12-18(24)5-8-20(17)27-21/h2-8,12-13,15H,1,9-11,14H2,(H,26,29)/t15-/m0/s1. The van der Waals surface area contributed by atoms with E-state index in [4.69, 9.17) is 11.6 Å². The topological polar surface area (TPSA) is 75.2 Å². The first-order valence-corrected chi connectivity index (χ1v) is 10.1. The molecule has 0 unspecified atom stereocenters. The maximum atomic E-state index is 12.8. The van der Waals surface area contributed by atoms with E-state index in [1.807, 2.05) is 23.1 Å². The second-order valence-electron chi connectivity index (χ2n) is 7.37. The number of amides is 2. The minimum Gasteiger partial charge on any atom is -0.338 e. The predicted octanol–water partition coefficient (Wildman–Crippen LogP) is 4.11. The number of nitrogens with zero attached hydrogens (tertiary/aromatic N) is 3. The average molecular weight is 421 g/mol. The van der Waals surface area contributed by atoms with Crippen molar-refractivity contribution in [1.29, 1.82) is 0 Å². The molecule has 1 aliphatic rings. The van der Waals surface area contributed by atoms with Gasteiger partial charge in [0.1, 0.15) is 5.82 Å². The lowest BCUT2D eigenvalue weighted by atomic mass is 10.0. The maximum Gasteiger partial charge on any atom is 0.253 e. The molecule has 0 spiro atoms. The molecule has 2 aromatic carbocycles. The second kappa shape index (κ2) is 8.63. The van der Waals surface area contributed by atoms with Gasteiger partial charge in [-0.15, -0.1) is 0 Å². The molecule has 2 heterocycles. The summed E-state index contributed by atoms with van der Waals surface area (Å²) < 4.78 is 0. The number of fused-ring (bicyclic) bond motifs is 1. The van der Waals surface area contributed by atoms with Crippen LogP contribution in [-0.2, 0) is 11.2 Å². The van der Waals surface area contributed by atoms with Gasteiger partial charge in [-0.2, -0.15) is 0 Å². The first-order valence-electron chi connectivity index (χ1n) is 9.76. The summed E-state index contributed by atoms with van der Waals surface area (Å²) in [4.78, 5) is 35.1. The summed E-state index contributed by atoms with van der Waals surface area (Å²) in [6.45, 7) is 4.81. The van der Waals surface area contributed by atoms with Gasteiger partial charge in [-0.05, 0) is 60.9 Å². The third kappa shape index (κ3) is 4.49. The largest absolute Gasteiger partial charge is 0.338 e. The van der Waals surface area contributed by atoms with Gasteiger partial charge in [-0.1, -0.05) is 18.2 Å². The van der Waals surface area contributed by atoms with E-state index in [-0.39, 0.29) is 11.8 Å². The third-order valence-corrected chi connectivity index (χ3v) is 5.46. The van der Waals surface area contributed by atoms with Gasteiger partial charge < -0.3 is 10.2 Å². The third-order valence-electron chi connectivity index (χ3n) is 5.22. The van der Waals surface area contributed by atoms with Crippen LogP contribution in [0.5, 0.6) is 0 Å². The second-order valence-corrected chi connectivity index (χ2v) is 7.81. The Kier molecular flexibility index (Phi) is 5.77. The lowest BCUT2D eigenvalue weighted by molar-refractivity contribution is -0.111. The Labute approximate surface area is 179 Å². The zero-order valence-electron chi connectivity index (χ0n) is 16.3. The van der Waals surface area contributed by atoms with E-state index in [0.717, 1.165) is 29.6 Å². The average Bonchev–Trinajstić information content (AvgIpc) is 3.22. The molecule has 0 saturated carbocycles. The SMILES string of the molecule is C=CC(=O)Nc1ccc(C(=O)N2CC[C@@H](Cc3ncc4cc(Cl)ccc4n3)C2)cc1. The Hall–Kier alpha value is -3.25. The highest BCUT2D eigenvalue weighted by molar-refractivity contribution is 6.31. The summed E-state index contributed by atoms with van der Waals surface area (Å²) in [6, 6.07) is 12.5. The van der Waals surface area contributed by atoms with Crippen LogP contribution in [0.3, 0.4) is 0 Å². The van der Waals surface area contributed by atoms with Crippen LogP contribution in [0.4, 0.5) is 5.69 Å². The Morgan fingerprint density at radius 3 is 2.80 bits per heavy atom. The first-order chi connectivity index (χ1) is 14.5. The fourth-order valence-electron chi connectivity index (χ4n) is 3.65. The zero-order valence-corrected chi connectivity index (χ0v) is 17.1. The number of aromatic nitrogens is 2. The van der Waals surface area contributed by atoms with Gasteiger partial charge in [0.2, 0.25) is 5.91 Å². The van der Waals surface area contributed by atoms with E-state index < -0.39 is 0 Å². The molecule has 7 heteroatoms. The number of anilines is 1. The van der Waals surface area contributed by atoms with E-state index in [1.54, 1.807) is 30.5 Å². The zero-order chi connectivity index (χ0) is 21.1. The van der Waals surface area contributed by atoms with Crippen LogP contribution in [0.1, 0.15) is 22.6 Å². The monoisotopic (exact) mass is 420 g/mol. The van der Waals surface area contributed by atoms with E-state index in [9.17, 15) is 9.59 Å². The molecule has 0 radical (unpaired) electrons. The number of hydrogen-bond donors (Lipinski definition) is 1. The lowest BCUT2D eigenvalue weighted by Crippen LogP contribution is -2.29. The Morgan fingerprint density at radius 1 is 1.23 bits per heavy atom. The molecule has 2 amide bonds. The number of halogens is 1. The molecule has 1 atom stereocenters. The highest BCUT2D eigenvalue weighted by atomic mass is 35.5. The molecular weight excluding hydrogens is 400 g/mol. The molecule has 0 aliphatic carbocycles. The molecule has 152 valence electrons. The number of carbonyl (C=O) groups is 2. The number of nitrogens with one attached hydrogen (secondary N) is 1. The normalized spacial score (nSPS) is 15.9. The van der Waals surface area contributed by atoms with Crippen LogP contribution in [0.2, 0.25) is 5.02 Å². The maximum absolute atomic E-state index is 12.8. The summed E-state index contributed by atoms with van der Waals surface area (Å²) >= 11 is 6.01. The van der Waals surface area contributed by atoms with Crippen LogP contribution >= 0.6 is 11.6 Å². The van der Waals surface area contributed by atoms with Gasteiger partial charge in [-0.3, -0.25) is 9.59 Å². The Balaban J connectivity index is 1.38. The summed E-state index contributed by atoms with van der Waals surface area (Å²) in [6.07, 6.45) is 4.65.